The standard InChI is InChI=1S/C21H27F2N3O3.HI/c1-13(16-7-6-15(22)10-17(16)23)11-25-21(24-2)26-12-14-8-18(27-3)20(29-5)19(9-14)28-4;/h6-10,13H,11-12H2,1-5H3,(H2,24,25,26);1H. The van der Waals surface area contributed by atoms with E-state index in [9.17, 15) is 8.78 Å². The first kappa shape index (κ1) is 25.7. The maximum absolute atomic E-state index is 13.9. The van der Waals surface area contributed by atoms with Crippen LogP contribution in [0.5, 0.6) is 17.2 Å². The number of hydrogen-bond donors (Lipinski definition) is 2. The zero-order valence-corrected chi connectivity index (χ0v) is 20.0. The average Bonchev–Trinajstić information content (AvgIpc) is 2.72. The highest BCUT2D eigenvalue weighted by Gasteiger charge is 2.14. The highest BCUT2D eigenvalue weighted by Crippen LogP contribution is 2.38. The first-order valence-electron chi connectivity index (χ1n) is 9.11. The number of methoxy groups -OCH3 is 3. The number of rotatable bonds is 8. The third kappa shape index (κ3) is 6.61. The topological polar surface area (TPSA) is 64.1 Å². The Morgan fingerprint density at radius 3 is 2.13 bits per heavy atom. The summed E-state index contributed by atoms with van der Waals surface area (Å²) in [6.45, 7) is 2.74. The Labute approximate surface area is 193 Å². The van der Waals surface area contributed by atoms with Crippen molar-refractivity contribution in [2.24, 2.45) is 4.99 Å². The number of aliphatic imine (C=N–C) groups is 1. The van der Waals surface area contributed by atoms with Crippen molar-refractivity contribution in [3.05, 3.63) is 53.1 Å². The average molecular weight is 535 g/mol. The molecule has 0 heterocycles. The van der Waals surface area contributed by atoms with Gasteiger partial charge in [0.2, 0.25) is 5.75 Å². The molecule has 6 nitrogen and oxygen atoms in total. The number of benzene rings is 2. The fraction of sp³-hybridized carbons (Fsp3) is 0.381. The van der Waals surface area contributed by atoms with Gasteiger partial charge < -0.3 is 24.8 Å². The molecule has 0 aliphatic rings. The second-order valence-electron chi connectivity index (χ2n) is 6.41. The molecule has 0 fully saturated rings. The van der Waals surface area contributed by atoms with Crippen molar-refractivity contribution in [2.45, 2.75) is 19.4 Å². The molecule has 0 saturated carbocycles. The van der Waals surface area contributed by atoms with Gasteiger partial charge in [0.15, 0.2) is 17.5 Å². The zero-order valence-electron chi connectivity index (χ0n) is 17.7. The number of nitrogens with one attached hydrogen (secondary N) is 2. The largest absolute Gasteiger partial charge is 0.493 e. The molecule has 2 aromatic rings. The van der Waals surface area contributed by atoms with E-state index < -0.39 is 11.6 Å². The molecule has 166 valence electrons. The van der Waals surface area contributed by atoms with Gasteiger partial charge in [-0.05, 0) is 29.3 Å². The molecule has 0 saturated heterocycles. The molecule has 2 N–H and O–H groups in total. The lowest BCUT2D eigenvalue weighted by Crippen LogP contribution is -2.38. The number of ether oxygens (including phenoxy) is 3. The summed E-state index contributed by atoms with van der Waals surface area (Å²) in [6.07, 6.45) is 0. The Morgan fingerprint density at radius 1 is 1.00 bits per heavy atom. The quantitative estimate of drug-likeness (QED) is 0.303. The van der Waals surface area contributed by atoms with Gasteiger partial charge in [-0.25, -0.2) is 8.78 Å². The van der Waals surface area contributed by atoms with E-state index in [-0.39, 0.29) is 29.9 Å². The van der Waals surface area contributed by atoms with Crippen molar-refractivity contribution in [1.82, 2.24) is 10.6 Å². The third-order valence-corrected chi connectivity index (χ3v) is 4.48. The van der Waals surface area contributed by atoms with Crippen molar-refractivity contribution in [1.29, 1.82) is 0 Å². The summed E-state index contributed by atoms with van der Waals surface area (Å²) >= 11 is 0. The second-order valence-corrected chi connectivity index (χ2v) is 6.41. The summed E-state index contributed by atoms with van der Waals surface area (Å²) in [5.74, 6) is 0.882. The van der Waals surface area contributed by atoms with E-state index in [1.54, 1.807) is 28.4 Å². The molecule has 1 atom stereocenters. The smallest absolute Gasteiger partial charge is 0.203 e. The van der Waals surface area contributed by atoms with E-state index in [2.05, 4.69) is 15.6 Å². The molecule has 0 spiro atoms. The minimum absolute atomic E-state index is 0. The maximum atomic E-state index is 13.9. The van der Waals surface area contributed by atoms with Crippen molar-refractivity contribution in [2.75, 3.05) is 34.9 Å². The molecule has 0 bridgehead atoms. The molecule has 0 radical (unpaired) electrons. The predicted octanol–water partition coefficient (Wildman–Crippen LogP) is 4.08. The van der Waals surface area contributed by atoms with Gasteiger partial charge in [-0.3, -0.25) is 4.99 Å². The predicted molar refractivity (Wildman–Crippen MR) is 124 cm³/mol. The lowest BCUT2D eigenvalue weighted by Gasteiger charge is -2.18. The molecule has 0 aliphatic carbocycles. The Morgan fingerprint density at radius 2 is 1.63 bits per heavy atom. The Kier molecular flexibility index (Phi) is 10.6. The summed E-state index contributed by atoms with van der Waals surface area (Å²) in [5, 5.41) is 6.34. The van der Waals surface area contributed by atoms with Gasteiger partial charge >= 0.3 is 0 Å². The highest BCUT2D eigenvalue weighted by molar-refractivity contribution is 14.0. The molecular formula is C21H28F2IN3O3. The van der Waals surface area contributed by atoms with Crippen LogP contribution >= 0.6 is 24.0 Å². The van der Waals surface area contributed by atoms with Gasteiger partial charge in [-0.15, -0.1) is 24.0 Å². The second kappa shape index (κ2) is 12.4. The van der Waals surface area contributed by atoms with Crippen LogP contribution in [-0.2, 0) is 6.54 Å². The van der Waals surface area contributed by atoms with Crippen LogP contribution in [0, 0.1) is 11.6 Å². The van der Waals surface area contributed by atoms with Crippen LogP contribution in [0.3, 0.4) is 0 Å². The van der Waals surface area contributed by atoms with Crippen LogP contribution in [0.2, 0.25) is 0 Å². The van der Waals surface area contributed by atoms with E-state index in [0.717, 1.165) is 11.6 Å². The third-order valence-electron chi connectivity index (χ3n) is 4.48. The molecule has 1 unspecified atom stereocenters. The first-order chi connectivity index (χ1) is 13.9. The molecule has 2 aromatic carbocycles. The van der Waals surface area contributed by atoms with E-state index >= 15 is 0 Å². The van der Waals surface area contributed by atoms with Crippen LogP contribution in [-0.4, -0.2) is 40.9 Å². The summed E-state index contributed by atoms with van der Waals surface area (Å²) < 4.78 is 43.1. The molecule has 9 heteroatoms. The Bertz CT molecular complexity index is 840. The normalized spacial score (nSPS) is 11.9. The number of nitrogens with zero attached hydrogens (tertiary/aromatic N) is 1. The summed E-state index contributed by atoms with van der Waals surface area (Å²) in [6, 6.07) is 7.30. The zero-order chi connectivity index (χ0) is 21.4. The molecule has 0 aromatic heterocycles. The molecule has 0 amide bonds. The fourth-order valence-electron chi connectivity index (χ4n) is 2.90. The van der Waals surface area contributed by atoms with Gasteiger partial charge in [-0.1, -0.05) is 13.0 Å². The van der Waals surface area contributed by atoms with Crippen molar-refractivity contribution >= 4 is 29.9 Å². The van der Waals surface area contributed by atoms with Crippen LogP contribution in [0.25, 0.3) is 0 Å². The Hall–Kier alpha value is -2.30. The SMILES string of the molecule is CN=C(NCc1cc(OC)c(OC)c(OC)c1)NCC(C)c1ccc(F)cc1F.I. The van der Waals surface area contributed by atoms with Gasteiger partial charge in [0, 0.05) is 32.1 Å². The number of halogens is 3. The van der Waals surface area contributed by atoms with Gasteiger partial charge in [0.1, 0.15) is 11.6 Å². The van der Waals surface area contributed by atoms with E-state index in [1.807, 2.05) is 19.1 Å². The monoisotopic (exact) mass is 535 g/mol. The van der Waals surface area contributed by atoms with Crippen LogP contribution in [0.1, 0.15) is 24.0 Å². The van der Waals surface area contributed by atoms with Gasteiger partial charge in [0.25, 0.3) is 0 Å². The molecular weight excluding hydrogens is 507 g/mol. The van der Waals surface area contributed by atoms with Crippen LogP contribution < -0.4 is 24.8 Å². The maximum Gasteiger partial charge on any atom is 0.203 e. The lowest BCUT2D eigenvalue weighted by atomic mass is 10.0. The Balaban J connectivity index is 0.00000450. The molecule has 0 aliphatic heterocycles. The number of hydrogen-bond acceptors (Lipinski definition) is 4. The van der Waals surface area contributed by atoms with Gasteiger partial charge in [0.05, 0.1) is 21.3 Å². The van der Waals surface area contributed by atoms with Crippen LogP contribution in [0.15, 0.2) is 35.3 Å². The van der Waals surface area contributed by atoms with Crippen LogP contribution in [0.4, 0.5) is 8.78 Å². The summed E-state index contributed by atoms with van der Waals surface area (Å²) in [5.41, 5.74) is 1.35. The van der Waals surface area contributed by atoms with E-state index in [0.29, 0.717) is 41.9 Å². The first-order valence-corrected chi connectivity index (χ1v) is 9.11. The van der Waals surface area contributed by atoms with Crippen molar-refractivity contribution < 1.29 is 23.0 Å². The summed E-state index contributed by atoms with van der Waals surface area (Å²) in [7, 11) is 6.32. The minimum Gasteiger partial charge on any atom is -0.493 e. The van der Waals surface area contributed by atoms with Crippen molar-refractivity contribution in [3.8, 4) is 17.2 Å². The summed E-state index contributed by atoms with van der Waals surface area (Å²) in [4.78, 5) is 4.18. The van der Waals surface area contributed by atoms with Gasteiger partial charge in [-0.2, -0.15) is 0 Å². The fourth-order valence-corrected chi connectivity index (χ4v) is 2.90. The highest BCUT2D eigenvalue weighted by atomic mass is 127. The minimum atomic E-state index is -0.589. The lowest BCUT2D eigenvalue weighted by molar-refractivity contribution is 0.323. The van der Waals surface area contributed by atoms with Crippen molar-refractivity contribution in [3.63, 3.8) is 0 Å². The molecule has 2 rings (SSSR count). The van der Waals surface area contributed by atoms with E-state index in [4.69, 9.17) is 14.2 Å². The number of guanidine groups is 1. The molecule has 30 heavy (non-hydrogen) atoms. The van der Waals surface area contributed by atoms with E-state index in [1.165, 1.54) is 12.1 Å².